The van der Waals surface area contributed by atoms with Gasteiger partial charge in [-0.3, -0.25) is 4.79 Å². The predicted octanol–water partition coefficient (Wildman–Crippen LogP) is 2.52. The van der Waals surface area contributed by atoms with E-state index in [9.17, 15) is 13.2 Å². The minimum Gasteiger partial charge on any atom is -0.304 e. The minimum atomic E-state index is -3.06. The largest absolute Gasteiger partial charge is 0.304 e. The van der Waals surface area contributed by atoms with Crippen LogP contribution in [0.5, 0.6) is 0 Å². The number of carbonyl (C=O) groups is 1. The summed E-state index contributed by atoms with van der Waals surface area (Å²) >= 11 is 0. The third kappa shape index (κ3) is 3.04. The first kappa shape index (κ1) is 14.8. The first-order valence-electron chi connectivity index (χ1n) is 7.21. The van der Waals surface area contributed by atoms with Crippen LogP contribution >= 0.6 is 0 Å². The van der Waals surface area contributed by atoms with E-state index < -0.39 is 9.84 Å². The Morgan fingerprint density at radius 1 is 0.955 bits per heavy atom. The van der Waals surface area contributed by atoms with Crippen molar-refractivity contribution in [3.8, 4) is 0 Å². The fraction of sp³-hybridized carbons (Fsp3) is 0.235. The standard InChI is InChI=1S/C17H17NO3S/c19-17(14-7-3-1-4-8-14)18(15-9-5-2-6-10-15)16-11-12-22(20,21)13-16/h1-10,16H,11-13H2/t16-/m1/s1. The van der Waals surface area contributed by atoms with Crippen LogP contribution in [0.4, 0.5) is 5.69 Å². The fourth-order valence-corrected chi connectivity index (χ4v) is 4.48. The van der Waals surface area contributed by atoms with Gasteiger partial charge in [0, 0.05) is 11.3 Å². The van der Waals surface area contributed by atoms with E-state index in [4.69, 9.17) is 0 Å². The molecule has 0 aliphatic carbocycles. The monoisotopic (exact) mass is 315 g/mol. The van der Waals surface area contributed by atoms with Crippen LogP contribution in [0.1, 0.15) is 16.8 Å². The Balaban J connectivity index is 1.99. The van der Waals surface area contributed by atoms with Gasteiger partial charge in [0.1, 0.15) is 0 Å². The summed E-state index contributed by atoms with van der Waals surface area (Å²) in [5, 5.41) is 0. The second kappa shape index (κ2) is 5.93. The van der Waals surface area contributed by atoms with E-state index in [1.165, 1.54) is 0 Å². The van der Waals surface area contributed by atoms with Crippen LogP contribution < -0.4 is 4.90 Å². The van der Waals surface area contributed by atoms with Gasteiger partial charge in [-0.15, -0.1) is 0 Å². The topological polar surface area (TPSA) is 54.5 Å². The van der Waals surface area contributed by atoms with Crippen molar-refractivity contribution in [2.75, 3.05) is 16.4 Å². The van der Waals surface area contributed by atoms with Gasteiger partial charge < -0.3 is 4.90 Å². The molecule has 0 saturated carbocycles. The highest BCUT2D eigenvalue weighted by Gasteiger charge is 2.35. The second-order valence-electron chi connectivity index (χ2n) is 5.43. The molecule has 1 saturated heterocycles. The Bertz CT molecular complexity index is 757. The molecule has 1 aliphatic rings. The van der Waals surface area contributed by atoms with Crippen LogP contribution in [0.15, 0.2) is 60.7 Å². The van der Waals surface area contributed by atoms with Gasteiger partial charge in [0.15, 0.2) is 9.84 Å². The Kier molecular flexibility index (Phi) is 3.98. The van der Waals surface area contributed by atoms with Crippen LogP contribution in [-0.4, -0.2) is 31.9 Å². The zero-order chi connectivity index (χ0) is 15.6. The van der Waals surface area contributed by atoms with Gasteiger partial charge in [-0.05, 0) is 30.7 Å². The predicted molar refractivity (Wildman–Crippen MR) is 86.8 cm³/mol. The highest BCUT2D eigenvalue weighted by Crippen LogP contribution is 2.26. The van der Waals surface area contributed by atoms with Crippen molar-refractivity contribution in [1.29, 1.82) is 0 Å². The van der Waals surface area contributed by atoms with Gasteiger partial charge in [0.05, 0.1) is 17.5 Å². The van der Waals surface area contributed by atoms with Crippen molar-refractivity contribution in [3.63, 3.8) is 0 Å². The zero-order valence-corrected chi connectivity index (χ0v) is 12.9. The van der Waals surface area contributed by atoms with Crippen molar-refractivity contribution in [2.24, 2.45) is 0 Å². The number of hydrogen-bond donors (Lipinski definition) is 0. The SMILES string of the molecule is O=C(c1ccccc1)N(c1ccccc1)[C@@H]1CCS(=O)(=O)C1. The van der Waals surface area contributed by atoms with E-state index in [-0.39, 0.29) is 23.5 Å². The molecule has 1 fully saturated rings. The fourth-order valence-electron chi connectivity index (χ4n) is 2.78. The van der Waals surface area contributed by atoms with E-state index >= 15 is 0 Å². The molecule has 2 aromatic rings. The molecule has 0 radical (unpaired) electrons. The van der Waals surface area contributed by atoms with E-state index in [0.29, 0.717) is 12.0 Å². The maximum absolute atomic E-state index is 12.9. The number of anilines is 1. The molecule has 114 valence electrons. The molecule has 3 rings (SSSR count). The molecular formula is C17H17NO3S. The van der Waals surface area contributed by atoms with Crippen molar-refractivity contribution in [3.05, 3.63) is 66.2 Å². The van der Waals surface area contributed by atoms with Crippen molar-refractivity contribution < 1.29 is 13.2 Å². The maximum atomic E-state index is 12.9. The summed E-state index contributed by atoms with van der Waals surface area (Å²) in [4.78, 5) is 14.5. The van der Waals surface area contributed by atoms with Gasteiger partial charge >= 0.3 is 0 Å². The van der Waals surface area contributed by atoms with Gasteiger partial charge in [-0.25, -0.2) is 8.42 Å². The summed E-state index contributed by atoms with van der Waals surface area (Å²) in [6, 6.07) is 17.9. The summed E-state index contributed by atoms with van der Waals surface area (Å²) in [5.74, 6) is 0.0118. The number of nitrogens with zero attached hydrogens (tertiary/aromatic N) is 1. The maximum Gasteiger partial charge on any atom is 0.258 e. The molecule has 5 heteroatoms. The number of benzene rings is 2. The molecule has 0 aromatic heterocycles. The van der Waals surface area contributed by atoms with E-state index in [2.05, 4.69) is 0 Å². The van der Waals surface area contributed by atoms with E-state index in [1.54, 1.807) is 17.0 Å². The number of para-hydroxylation sites is 1. The van der Waals surface area contributed by atoms with Gasteiger partial charge in [-0.2, -0.15) is 0 Å². The van der Waals surface area contributed by atoms with Crippen LogP contribution in [0.3, 0.4) is 0 Å². The number of sulfone groups is 1. The van der Waals surface area contributed by atoms with Gasteiger partial charge in [0.25, 0.3) is 5.91 Å². The molecule has 0 spiro atoms. The van der Waals surface area contributed by atoms with E-state index in [1.807, 2.05) is 48.5 Å². The molecule has 1 aliphatic heterocycles. The highest BCUT2D eigenvalue weighted by atomic mass is 32.2. The number of hydrogen-bond acceptors (Lipinski definition) is 3. The van der Waals surface area contributed by atoms with Gasteiger partial charge in [0.2, 0.25) is 0 Å². The number of amides is 1. The lowest BCUT2D eigenvalue weighted by Crippen LogP contribution is -2.41. The Labute approximate surface area is 130 Å². The summed E-state index contributed by atoms with van der Waals surface area (Å²) in [7, 11) is -3.06. The molecule has 2 aromatic carbocycles. The second-order valence-corrected chi connectivity index (χ2v) is 7.66. The highest BCUT2D eigenvalue weighted by molar-refractivity contribution is 7.91. The minimum absolute atomic E-state index is 0.0282. The molecule has 1 amide bonds. The normalized spacial score (nSPS) is 19.7. The van der Waals surface area contributed by atoms with Crippen LogP contribution in [0.2, 0.25) is 0 Å². The third-order valence-electron chi connectivity index (χ3n) is 3.85. The molecular weight excluding hydrogens is 298 g/mol. The molecule has 0 unspecified atom stereocenters. The third-order valence-corrected chi connectivity index (χ3v) is 5.60. The molecule has 0 bridgehead atoms. The Morgan fingerprint density at radius 2 is 1.55 bits per heavy atom. The Hall–Kier alpha value is -2.14. The van der Waals surface area contributed by atoms with Crippen molar-refractivity contribution >= 4 is 21.4 Å². The first-order valence-corrected chi connectivity index (χ1v) is 9.03. The summed E-state index contributed by atoms with van der Waals surface area (Å²) in [6.07, 6.45) is 0.482. The molecule has 4 nitrogen and oxygen atoms in total. The van der Waals surface area contributed by atoms with E-state index in [0.717, 1.165) is 5.69 Å². The smallest absolute Gasteiger partial charge is 0.258 e. The number of carbonyl (C=O) groups excluding carboxylic acids is 1. The van der Waals surface area contributed by atoms with Crippen molar-refractivity contribution in [1.82, 2.24) is 0 Å². The van der Waals surface area contributed by atoms with Gasteiger partial charge in [-0.1, -0.05) is 36.4 Å². The lowest BCUT2D eigenvalue weighted by molar-refractivity contribution is 0.0979. The van der Waals surface area contributed by atoms with Crippen molar-refractivity contribution in [2.45, 2.75) is 12.5 Å². The van der Waals surface area contributed by atoms with Crippen LogP contribution in [0.25, 0.3) is 0 Å². The molecule has 1 atom stereocenters. The van der Waals surface area contributed by atoms with Crippen LogP contribution in [-0.2, 0) is 9.84 Å². The quantitative estimate of drug-likeness (QED) is 0.874. The zero-order valence-electron chi connectivity index (χ0n) is 12.1. The first-order chi connectivity index (χ1) is 10.6. The summed E-state index contributed by atoms with van der Waals surface area (Å²) in [6.45, 7) is 0. The average Bonchev–Trinajstić information content (AvgIpc) is 2.89. The summed E-state index contributed by atoms with van der Waals surface area (Å²) in [5.41, 5.74) is 1.30. The average molecular weight is 315 g/mol. The van der Waals surface area contributed by atoms with Crippen LogP contribution in [0, 0.1) is 0 Å². The molecule has 22 heavy (non-hydrogen) atoms. The molecule has 1 heterocycles. The lowest BCUT2D eigenvalue weighted by Gasteiger charge is -2.28. The lowest BCUT2D eigenvalue weighted by atomic mass is 10.1. The summed E-state index contributed by atoms with van der Waals surface area (Å²) < 4.78 is 23.6. The Morgan fingerprint density at radius 3 is 2.09 bits per heavy atom. The number of rotatable bonds is 3. The molecule has 0 N–H and O–H groups in total.